The molecule has 6 nitrogen and oxygen atoms in total. The van der Waals surface area contributed by atoms with Crippen molar-refractivity contribution in [2.75, 3.05) is 4.90 Å². The minimum atomic E-state index is -4.35. The summed E-state index contributed by atoms with van der Waals surface area (Å²) in [6, 6.07) is 19.1. The molecule has 0 bridgehead atoms. The molecule has 4 unspecified atom stereocenters. The van der Waals surface area contributed by atoms with Crippen molar-refractivity contribution in [3.63, 3.8) is 0 Å². The van der Waals surface area contributed by atoms with Crippen LogP contribution in [0.25, 0.3) is 0 Å². The smallest absolute Gasteiger partial charge is 0.393 e. The van der Waals surface area contributed by atoms with Gasteiger partial charge in [0.25, 0.3) is 0 Å². The number of aliphatic hydroxyl groups excluding tert-OH is 1. The maximum Gasteiger partial charge on any atom is 0.393 e. The van der Waals surface area contributed by atoms with Crippen LogP contribution in [0.4, 0.5) is 24.5 Å². The van der Waals surface area contributed by atoms with Crippen LogP contribution >= 0.6 is 0 Å². The van der Waals surface area contributed by atoms with Crippen molar-refractivity contribution in [3.05, 3.63) is 78.4 Å². The molecule has 0 spiro atoms. The average Bonchev–Trinajstić information content (AvgIpc) is 2.83. The van der Waals surface area contributed by atoms with E-state index in [2.05, 4.69) is 4.72 Å². The highest BCUT2D eigenvalue weighted by Gasteiger charge is 2.40. The van der Waals surface area contributed by atoms with E-state index < -0.39 is 34.7 Å². The molecule has 4 atom stereocenters. The van der Waals surface area contributed by atoms with Gasteiger partial charge in [-0.2, -0.15) is 13.2 Å². The Balaban J connectivity index is 1.39. The Kier molecular flexibility index (Phi) is 6.44. The maximum absolute atomic E-state index is 13.3. The minimum absolute atomic E-state index is 0.0314. The lowest BCUT2D eigenvalue weighted by atomic mass is 9.86. The van der Waals surface area contributed by atoms with Crippen LogP contribution in [-0.2, 0) is 16.3 Å². The van der Waals surface area contributed by atoms with Gasteiger partial charge >= 0.3 is 6.18 Å². The standard InChI is InChI=1S/C26H26F3N3O3S/c27-26(28,29)16-17-12-14-18(15-13-17)36(30,34)31-19-6-5-9-22(25(19)33)32-20-7-1-3-10-23(20)35-24-11-4-2-8-21(24)32/h1-4,7-8,10-15,19,22,25,33H,5-6,9,16H2,(H2,30,31,34). The molecular formula is C26H26F3N3O3S. The van der Waals surface area contributed by atoms with Gasteiger partial charge < -0.3 is 14.7 Å². The molecule has 2 aliphatic rings. The second-order valence-electron chi connectivity index (χ2n) is 9.11. The van der Waals surface area contributed by atoms with Crippen LogP contribution < -0.4 is 14.4 Å². The zero-order chi connectivity index (χ0) is 25.5. The van der Waals surface area contributed by atoms with Gasteiger partial charge in [0.1, 0.15) is 9.92 Å². The number of hydrogen-bond donors (Lipinski definition) is 3. The van der Waals surface area contributed by atoms with E-state index in [1.54, 1.807) is 0 Å². The van der Waals surface area contributed by atoms with E-state index in [9.17, 15) is 22.5 Å². The van der Waals surface area contributed by atoms with Gasteiger partial charge in [-0.15, -0.1) is 0 Å². The van der Waals surface area contributed by atoms with Crippen LogP contribution in [0.3, 0.4) is 0 Å². The second-order valence-corrected chi connectivity index (χ2v) is 10.9. The predicted octanol–water partition coefficient (Wildman–Crippen LogP) is 5.93. The molecule has 0 saturated heterocycles. The average molecular weight is 518 g/mol. The van der Waals surface area contributed by atoms with Crippen molar-refractivity contribution in [2.24, 2.45) is 0 Å². The lowest BCUT2D eigenvalue weighted by Crippen LogP contribution is -2.55. The van der Waals surface area contributed by atoms with Crippen LogP contribution in [-0.4, -0.2) is 33.7 Å². The van der Waals surface area contributed by atoms with Crippen LogP contribution in [0.2, 0.25) is 0 Å². The van der Waals surface area contributed by atoms with E-state index >= 15 is 0 Å². The summed E-state index contributed by atoms with van der Waals surface area (Å²) < 4.78 is 68.5. The molecule has 3 aromatic rings. The van der Waals surface area contributed by atoms with Crippen molar-refractivity contribution >= 4 is 21.3 Å². The van der Waals surface area contributed by atoms with Gasteiger partial charge in [0, 0.05) is 6.04 Å². The second kappa shape index (κ2) is 9.42. The fraction of sp³-hybridized carbons (Fsp3) is 0.308. The highest BCUT2D eigenvalue weighted by Crippen LogP contribution is 2.49. The molecular weight excluding hydrogens is 491 g/mol. The summed E-state index contributed by atoms with van der Waals surface area (Å²) in [5.41, 5.74) is 1.66. The summed E-state index contributed by atoms with van der Waals surface area (Å²) in [6.45, 7) is 0. The summed E-state index contributed by atoms with van der Waals surface area (Å²) >= 11 is 0. The molecule has 3 aromatic carbocycles. The molecule has 10 heteroatoms. The third kappa shape index (κ3) is 4.93. The summed E-state index contributed by atoms with van der Waals surface area (Å²) in [5, 5.41) is 11.4. The van der Waals surface area contributed by atoms with Crippen molar-refractivity contribution in [2.45, 2.75) is 54.9 Å². The quantitative estimate of drug-likeness (QED) is 0.392. The zero-order valence-electron chi connectivity index (χ0n) is 19.2. The van der Waals surface area contributed by atoms with Crippen molar-refractivity contribution in [1.82, 2.24) is 4.72 Å². The lowest BCUT2D eigenvalue weighted by Gasteiger charge is -2.45. The van der Waals surface area contributed by atoms with E-state index in [0.717, 1.165) is 17.8 Å². The summed E-state index contributed by atoms with van der Waals surface area (Å²) in [4.78, 5) is 2.12. The molecule has 3 N–H and O–H groups in total. The normalized spacial score (nSPS) is 23.2. The molecule has 1 saturated carbocycles. The number of ether oxygens (including phenoxy) is 1. The van der Waals surface area contributed by atoms with Gasteiger partial charge in [-0.25, -0.2) is 13.7 Å². The first-order valence-electron chi connectivity index (χ1n) is 11.7. The number of para-hydroxylation sites is 4. The molecule has 5 rings (SSSR count). The monoisotopic (exact) mass is 517 g/mol. The first kappa shape index (κ1) is 24.6. The van der Waals surface area contributed by atoms with Crippen LogP contribution in [0, 0.1) is 4.78 Å². The molecule has 0 amide bonds. The lowest BCUT2D eigenvalue weighted by molar-refractivity contribution is -0.127. The number of rotatable bonds is 5. The van der Waals surface area contributed by atoms with Crippen LogP contribution in [0.5, 0.6) is 11.5 Å². The number of alkyl halides is 3. The van der Waals surface area contributed by atoms with E-state index in [0.29, 0.717) is 24.3 Å². The summed E-state index contributed by atoms with van der Waals surface area (Å²) in [6.07, 6.45) is -4.50. The molecule has 0 radical (unpaired) electrons. The number of halogens is 3. The Bertz CT molecular complexity index is 1300. The van der Waals surface area contributed by atoms with Crippen molar-refractivity contribution in [3.8, 4) is 11.5 Å². The molecule has 36 heavy (non-hydrogen) atoms. The molecule has 1 fully saturated rings. The highest BCUT2D eigenvalue weighted by atomic mass is 32.2. The Labute approximate surface area is 207 Å². The molecule has 1 aliphatic carbocycles. The number of hydrogen-bond acceptors (Lipinski definition) is 5. The number of benzene rings is 3. The van der Waals surface area contributed by atoms with E-state index in [1.165, 1.54) is 24.3 Å². The minimum Gasteiger partial charge on any atom is -0.453 e. The molecule has 190 valence electrons. The van der Waals surface area contributed by atoms with Crippen molar-refractivity contribution < 1.29 is 27.2 Å². The first-order valence-corrected chi connectivity index (χ1v) is 13.2. The number of anilines is 2. The van der Waals surface area contributed by atoms with Crippen LogP contribution in [0.1, 0.15) is 24.8 Å². The van der Waals surface area contributed by atoms with Gasteiger partial charge in [-0.05, 0) is 61.2 Å². The van der Waals surface area contributed by atoms with E-state index in [-0.39, 0.29) is 16.5 Å². The molecule has 0 aromatic heterocycles. The Morgan fingerprint density at radius 3 is 2.14 bits per heavy atom. The van der Waals surface area contributed by atoms with Crippen LogP contribution in [0.15, 0.2) is 77.7 Å². The highest BCUT2D eigenvalue weighted by molar-refractivity contribution is 7.90. The third-order valence-electron chi connectivity index (χ3n) is 6.60. The third-order valence-corrected chi connectivity index (χ3v) is 8.17. The van der Waals surface area contributed by atoms with Gasteiger partial charge in [0.2, 0.25) is 0 Å². The maximum atomic E-state index is 13.3. The molecule has 1 aliphatic heterocycles. The Morgan fingerprint density at radius 1 is 0.972 bits per heavy atom. The van der Waals surface area contributed by atoms with Gasteiger partial charge in [0.15, 0.2) is 11.5 Å². The Hall–Kier alpha value is -3.08. The number of nitrogens with zero attached hydrogens (tertiary/aromatic N) is 1. The number of aliphatic hydroxyl groups is 1. The fourth-order valence-corrected chi connectivity index (χ4v) is 6.31. The largest absolute Gasteiger partial charge is 0.453 e. The number of nitrogens with one attached hydrogen (secondary N) is 2. The summed E-state index contributed by atoms with van der Waals surface area (Å²) in [5.74, 6) is 1.34. The van der Waals surface area contributed by atoms with E-state index in [4.69, 9.17) is 9.52 Å². The van der Waals surface area contributed by atoms with Crippen molar-refractivity contribution in [1.29, 1.82) is 4.78 Å². The summed E-state index contributed by atoms with van der Waals surface area (Å²) in [7, 11) is -3.56. The SMILES string of the molecule is N=S(=O)(NC1CCCC(N2c3ccccc3Oc3ccccc32)C1O)c1ccc(CC(F)(F)F)cc1. The fourth-order valence-electron chi connectivity index (χ4n) is 4.97. The molecule has 1 heterocycles. The Morgan fingerprint density at radius 2 is 1.56 bits per heavy atom. The first-order chi connectivity index (χ1) is 17.1. The zero-order valence-corrected chi connectivity index (χ0v) is 20.1. The number of fused-ring (bicyclic) bond motifs is 2. The van der Waals surface area contributed by atoms with E-state index in [1.807, 2.05) is 53.4 Å². The van der Waals surface area contributed by atoms with Gasteiger partial charge in [-0.1, -0.05) is 36.4 Å². The predicted molar refractivity (Wildman–Crippen MR) is 131 cm³/mol. The topological polar surface area (TPSA) is 85.7 Å². The van der Waals surface area contributed by atoms with Gasteiger partial charge in [-0.3, -0.25) is 0 Å². The van der Waals surface area contributed by atoms with Gasteiger partial charge in [0.05, 0.1) is 34.8 Å².